The Morgan fingerprint density at radius 3 is 3.00 bits per heavy atom. The van der Waals surface area contributed by atoms with Crippen LogP contribution in [0.1, 0.15) is 19.3 Å². The van der Waals surface area contributed by atoms with Crippen LogP contribution in [0.3, 0.4) is 0 Å². The van der Waals surface area contributed by atoms with E-state index in [9.17, 15) is 5.11 Å². The van der Waals surface area contributed by atoms with Crippen molar-refractivity contribution < 1.29 is 5.11 Å². The summed E-state index contributed by atoms with van der Waals surface area (Å²) in [5.74, 6) is 0.643. The Kier molecular flexibility index (Phi) is 1.43. The minimum absolute atomic E-state index is 0.0758. The van der Waals surface area contributed by atoms with Gasteiger partial charge in [0, 0.05) is 5.41 Å². The molecule has 0 heterocycles. The van der Waals surface area contributed by atoms with Gasteiger partial charge >= 0.3 is 0 Å². The van der Waals surface area contributed by atoms with Gasteiger partial charge in [-0.2, -0.15) is 0 Å². The largest absolute Gasteiger partial charge is 0.392 e. The van der Waals surface area contributed by atoms with Gasteiger partial charge in [0.1, 0.15) is 0 Å². The molecule has 0 saturated heterocycles. The molecule has 1 nitrogen and oxygen atoms in total. The maximum atomic E-state index is 9.70. The molecule has 2 aliphatic carbocycles. The van der Waals surface area contributed by atoms with Crippen molar-refractivity contribution in [1.82, 2.24) is 0 Å². The van der Waals surface area contributed by atoms with E-state index in [1.807, 2.05) is 6.08 Å². The lowest BCUT2D eigenvalue weighted by atomic mass is 9.82. The Hall–Kier alpha value is -0.560. The van der Waals surface area contributed by atoms with Gasteiger partial charge in [-0.05, 0) is 25.2 Å². The van der Waals surface area contributed by atoms with Crippen LogP contribution >= 0.6 is 0 Å². The fourth-order valence-corrected chi connectivity index (χ4v) is 2.44. The predicted octanol–water partition coefficient (Wildman–Crippen LogP) is 1.89. The zero-order chi connectivity index (χ0) is 7.90. The van der Waals surface area contributed by atoms with Gasteiger partial charge in [0.25, 0.3) is 0 Å². The number of fused-ring (bicyclic) bond motifs is 2. The molecule has 0 aromatic heterocycles. The zero-order valence-electron chi connectivity index (χ0n) is 6.66. The normalized spacial score (nSPS) is 46.6. The third-order valence-corrected chi connectivity index (χ3v) is 3.06. The fraction of sp³-hybridized carbons (Fsp3) is 0.600. The summed E-state index contributed by atoms with van der Waals surface area (Å²) >= 11 is 0. The van der Waals surface area contributed by atoms with Crippen molar-refractivity contribution in [3.63, 3.8) is 0 Å². The second-order valence-electron chi connectivity index (χ2n) is 3.80. The lowest BCUT2D eigenvalue weighted by molar-refractivity contribution is 0.0867. The standard InChI is InChI=1S/C10H14O/c1-2-4-10-5-3-8(7-10)6-9(10)11/h2-3,5,8-9,11H,1,4,6-7H2. The quantitative estimate of drug-likeness (QED) is 0.596. The van der Waals surface area contributed by atoms with E-state index in [4.69, 9.17) is 0 Å². The van der Waals surface area contributed by atoms with E-state index in [1.54, 1.807) is 0 Å². The number of hydrogen-bond donors (Lipinski definition) is 1. The van der Waals surface area contributed by atoms with Crippen LogP contribution in [-0.4, -0.2) is 11.2 Å². The molecule has 11 heavy (non-hydrogen) atoms. The van der Waals surface area contributed by atoms with E-state index < -0.39 is 0 Å². The number of allylic oxidation sites excluding steroid dienone is 2. The SMILES string of the molecule is C=CCC12C=CC(CC1O)C2. The van der Waals surface area contributed by atoms with E-state index >= 15 is 0 Å². The summed E-state index contributed by atoms with van der Waals surface area (Å²) in [6.07, 6.45) is 9.27. The molecule has 0 aliphatic heterocycles. The molecule has 60 valence electrons. The summed E-state index contributed by atoms with van der Waals surface area (Å²) in [6, 6.07) is 0. The highest BCUT2D eigenvalue weighted by Crippen LogP contribution is 2.51. The Morgan fingerprint density at radius 2 is 2.55 bits per heavy atom. The Balaban J connectivity index is 2.23. The fourth-order valence-electron chi connectivity index (χ4n) is 2.44. The second kappa shape index (κ2) is 2.21. The van der Waals surface area contributed by atoms with Crippen LogP contribution in [0, 0.1) is 11.3 Å². The van der Waals surface area contributed by atoms with E-state index in [-0.39, 0.29) is 11.5 Å². The second-order valence-corrected chi connectivity index (χ2v) is 3.80. The van der Waals surface area contributed by atoms with Gasteiger partial charge in [-0.3, -0.25) is 0 Å². The first-order valence-electron chi connectivity index (χ1n) is 4.25. The highest BCUT2D eigenvalue weighted by molar-refractivity contribution is 5.20. The number of hydrogen-bond acceptors (Lipinski definition) is 1. The van der Waals surface area contributed by atoms with Gasteiger partial charge in [0.2, 0.25) is 0 Å². The molecule has 3 atom stereocenters. The van der Waals surface area contributed by atoms with Crippen molar-refractivity contribution in [3.05, 3.63) is 24.8 Å². The van der Waals surface area contributed by atoms with Crippen LogP contribution in [-0.2, 0) is 0 Å². The molecule has 0 radical (unpaired) electrons. The molecule has 2 aliphatic rings. The molecule has 1 N–H and O–H groups in total. The molecular formula is C10H14O. The van der Waals surface area contributed by atoms with Gasteiger partial charge in [-0.1, -0.05) is 18.2 Å². The molecular weight excluding hydrogens is 136 g/mol. The summed E-state index contributed by atoms with van der Waals surface area (Å²) in [4.78, 5) is 0. The van der Waals surface area contributed by atoms with Gasteiger partial charge in [-0.25, -0.2) is 0 Å². The summed E-state index contributed by atoms with van der Waals surface area (Å²) in [5, 5.41) is 9.70. The monoisotopic (exact) mass is 150 g/mol. The average molecular weight is 150 g/mol. The minimum atomic E-state index is -0.115. The maximum absolute atomic E-state index is 9.70. The molecule has 3 unspecified atom stereocenters. The Labute approximate surface area is 67.4 Å². The number of rotatable bonds is 2. The van der Waals surface area contributed by atoms with Crippen LogP contribution in [0.5, 0.6) is 0 Å². The van der Waals surface area contributed by atoms with Crippen LogP contribution in [0.15, 0.2) is 24.8 Å². The summed E-state index contributed by atoms with van der Waals surface area (Å²) in [6.45, 7) is 3.73. The minimum Gasteiger partial charge on any atom is -0.392 e. The third kappa shape index (κ3) is 0.875. The van der Waals surface area contributed by atoms with Crippen LogP contribution in [0.4, 0.5) is 0 Å². The topological polar surface area (TPSA) is 20.2 Å². The highest BCUT2D eigenvalue weighted by Gasteiger charge is 2.46. The van der Waals surface area contributed by atoms with Crippen LogP contribution in [0.2, 0.25) is 0 Å². The Bertz CT molecular complexity index is 207. The van der Waals surface area contributed by atoms with Crippen molar-refractivity contribution >= 4 is 0 Å². The van der Waals surface area contributed by atoms with Crippen molar-refractivity contribution in [2.24, 2.45) is 11.3 Å². The first-order chi connectivity index (χ1) is 5.27. The van der Waals surface area contributed by atoms with Crippen molar-refractivity contribution in [3.8, 4) is 0 Å². The van der Waals surface area contributed by atoms with Gasteiger partial charge < -0.3 is 5.11 Å². The van der Waals surface area contributed by atoms with E-state index in [0.717, 1.165) is 19.3 Å². The van der Waals surface area contributed by atoms with Gasteiger partial charge in [0.15, 0.2) is 0 Å². The molecule has 0 spiro atoms. The molecule has 1 heteroatoms. The summed E-state index contributed by atoms with van der Waals surface area (Å²) in [5.41, 5.74) is 0.0758. The molecule has 1 saturated carbocycles. The molecule has 1 fully saturated rings. The highest BCUT2D eigenvalue weighted by atomic mass is 16.3. The van der Waals surface area contributed by atoms with Crippen LogP contribution < -0.4 is 0 Å². The zero-order valence-corrected chi connectivity index (χ0v) is 6.66. The number of aliphatic hydroxyl groups is 1. The first kappa shape index (κ1) is 7.11. The van der Waals surface area contributed by atoms with Gasteiger partial charge in [0.05, 0.1) is 6.10 Å². The van der Waals surface area contributed by atoms with Gasteiger partial charge in [-0.15, -0.1) is 6.58 Å². The molecule has 0 aromatic rings. The van der Waals surface area contributed by atoms with E-state index in [2.05, 4.69) is 18.7 Å². The van der Waals surface area contributed by atoms with E-state index in [1.165, 1.54) is 0 Å². The van der Waals surface area contributed by atoms with Crippen molar-refractivity contribution in [2.75, 3.05) is 0 Å². The smallest absolute Gasteiger partial charge is 0.0639 e. The average Bonchev–Trinajstić information content (AvgIpc) is 2.45. The maximum Gasteiger partial charge on any atom is 0.0639 e. The lowest BCUT2D eigenvalue weighted by Gasteiger charge is -2.26. The molecule has 0 amide bonds. The predicted molar refractivity (Wildman–Crippen MR) is 45.1 cm³/mol. The molecule has 2 bridgehead atoms. The molecule has 0 aromatic carbocycles. The summed E-state index contributed by atoms with van der Waals surface area (Å²) in [7, 11) is 0. The van der Waals surface area contributed by atoms with Crippen molar-refractivity contribution in [2.45, 2.75) is 25.4 Å². The lowest BCUT2D eigenvalue weighted by Crippen LogP contribution is -2.26. The van der Waals surface area contributed by atoms with Crippen molar-refractivity contribution in [1.29, 1.82) is 0 Å². The first-order valence-corrected chi connectivity index (χ1v) is 4.25. The van der Waals surface area contributed by atoms with Crippen LogP contribution in [0.25, 0.3) is 0 Å². The third-order valence-electron chi connectivity index (χ3n) is 3.06. The number of aliphatic hydroxyl groups excluding tert-OH is 1. The Morgan fingerprint density at radius 1 is 1.73 bits per heavy atom. The van der Waals surface area contributed by atoms with E-state index in [0.29, 0.717) is 5.92 Å². The summed E-state index contributed by atoms with van der Waals surface area (Å²) < 4.78 is 0. The molecule has 2 rings (SSSR count).